The summed E-state index contributed by atoms with van der Waals surface area (Å²) in [6.07, 6.45) is 4.57. The Morgan fingerprint density at radius 3 is 2.80 bits per heavy atom. The number of aromatic nitrogens is 1. The van der Waals surface area contributed by atoms with E-state index in [0.717, 1.165) is 56.0 Å². The lowest BCUT2D eigenvalue weighted by molar-refractivity contribution is -0.133. The van der Waals surface area contributed by atoms with E-state index in [9.17, 15) is 4.79 Å². The summed E-state index contributed by atoms with van der Waals surface area (Å²) in [6, 6.07) is 0.410. The molecule has 1 aliphatic heterocycles. The van der Waals surface area contributed by atoms with E-state index in [1.807, 2.05) is 5.38 Å². The van der Waals surface area contributed by atoms with Crippen LogP contribution in [0.25, 0.3) is 0 Å². The van der Waals surface area contributed by atoms with Crippen molar-refractivity contribution in [2.45, 2.75) is 52.0 Å². The number of piperidine rings is 1. The lowest BCUT2D eigenvalue weighted by atomic mass is 10.0. The largest absolute Gasteiger partial charge is 0.339 e. The van der Waals surface area contributed by atoms with Crippen LogP contribution in [-0.4, -0.2) is 41.5 Å². The van der Waals surface area contributed by atoms with Crippen LogP contribution in [0.5, 0.6) is 0 Å². The molecule has 0 aliphatic carbocycles. The van der Waals surface area contributed by atoms with Crippen LogP contribution >= 0.6 is 11.3 Å². The molecule has 20 heavy (non-hydrogen) atoms. The minimum atomic E-state index is 0.242. The fourth-order valence-corrected chi connectivity index (χ4v) is 3.46. The third-order valence-electron chi connectivity index (χ3n) is 3.77. The third kappa shape index (κ3) is 4.03. The Bertz CT molecular complexity index is 427. The molecule has 1 fully saturated rings. The number of carbonyl (C=O) groups excluding carboxylic acids is 1. The number of nitrogens with zero attached hydrogens (tertiary/aromatic N) is 2. The van der Waals surface area contributed by atoms with Gasteiger partial charge in [0.15, 0.2) is 0 Å². The van der Waals surface area contributed by atoms with Gasteiger partial charge in [-0.05, 0) is 38.8 Å². The minimum absolute atomic E-state index is 0.242. The van der Waals surface area contributed by atoms with E-state index in [1.54, 1.807) is 11.3 Å². The summed E-state index contributed by atoms with van der Waals surface area (Å²) < 4.78 is 0. The predicted octanol–water partition coefficient (Wildman–Crippen LogP) is 2.24. The van der Waals surface area contributed by atoms with E-state index in [1.165, 1.54) is 0 Å². The lowest BCUT2D eigenvalue weighted by Crippen LogP contribution is -2.47. The standard InChI is InChI=1S/C15H25N3OS/c1-3-9-18(13-5-7-16-8-6-13)15(19)10-12-11-20-14(4-2)17-12/h11,13,16H,3-10H2,1-2H3. The average Bonchev–Trinajstić information content (AvgIpc) is 2.93. The van der Waals surface area contributed by atoms with E-state index in [2.05, 4.69) is 29.0 Å². The van der Waals surface area contributed by atoms with Gasteiger partial charge in [0.05, 0.1) is 17.1 Å². The lowest BCUT2D eigenvalue weighted by Gasteiger charge is -2.34. The number of aryl methyl sites for hydroxylation is 1. The maximum absolute atomic E-state index is 12.6. The van der Waals surface area contributed by atoms with Gasteiger partial charge in [0.2, 0.25) is 5.91 Å². The Kier molecular flexibility index (Phi) is 5.98. The van der Waals surface area contributed by atoms with Gasteiger partial charge in [-0.1, -0.05) is 13.8 Å². The highest BCUT2D eigenvalue weighted by atomic mass is 32.1. The first-order chi connectivity index (χ1) is 9.74. The molecule has 0 radical (unpaired) electrons. The topological polar surface area (TPSA) is 45.2 Å². The summed E-state index contributed by atoms with van der Waals surface area (Å²) >= 11 is 1.66. The van der Waals surface area contributed by atoms with Crippen molar-refractivity contribution in [3.8, 4) is 0 Å². The van der Waals surface area contributed by atoms with Crippen molar-refractivity contribution in [2.75, 3.05) is 19.6 Å². The van der Waals surface area contributed by atoms with Crippen molar-refractivity contribution in [3.05, 3.63) is 16.1 Å². The van der Waals surface area contributed by atoms with Crippen LogP contribution in [0.4, 0.5) is 0 Å². The van der Waals surface area contributed by atoms with Crippen molar-refractivity contribution in [2.24, 2.45) is 0 Å². The molecule has 0 spiro atoms. The minimum Gasteiger partial charge on any atom is -0.339 e. The molecule has 2 heterocycles. The van der Waals surface area contributed by atoms with E-state index < -0.39 is 0 Å². The number of rotatable bonds is 6. The van der Waals surface area contributed by atoms with Gasteiger partial charge < -0.3 is 10.2 Å². The zero-order valence-corrected chi connectivity index (χ0v) is 13.3. The van der Waals surface area contributed by atoms with Gasteiger partial charge in [-0.2, -0.15) is 0 Å². The normalized spacial score (nSPS) is 16.3. The van der Waals surface area contributed by atoms with Crippen molar-refractivity contribution < 1.29 is 4.79 Å². The molecule has 0 saturated carbocycles. The number of nitrogens with one attached hydrogen (secondary N) is 1. The van der Waals surface area contributed by atoms with Crippen LogP contribution in [0.1, 0.15) is 43.8 Å². The second-order valence-electron chi connectivity index (χ2n) is 5.33. The SMILES string of the molecule is CCCN(C(=O)Cc1csc(CC)n1)C1CCNCC1. The van der Waals surface area contributed by atoms with Crippen LogP contribution in [-0.2, 0) is 17.6 Å². The fourth-order valence-electron chi connectivity index (χ4n) is 2.72. The Labute approximate surface area is 125 Å². The first-order valence-electron chi connectivity index (χ1n) is 7.68. The van der Waals surface area contributed by atoms with Crippen LogP contribution < -0.4 is 5.32 Å². The van der Waals surface area contributed by atoms with E-state index in [4.69, 9.17) is 0 Å². The third-order valence-corrected chi connectivity index (χ3v) is 4.81. The molecule has 5 heteroatoms. The van der Waals surface area contributed by atoms with E-state index in [0.29, 0.717) is 12.5 Å². The van der Waals surface area contributed by atoms with E-state index in [-0.39, 0.29) is 5.91 Å². The summed E-state index contributed by atoms with van der Waals surface area (Å²) in [5.41, 5.74) is 0.937. The highest BCUT2D eigenvalue weighted by Crippen LogP contribution is 2.16. The zero-order valence-electron chi connectivity index (χ0n) is 12.5. The van der Waals surface area contributed by atoms with Crippen LogP contribution in [0.3, 0.4) is 0 Å². The maximum Gasteiger partial charge on any atom is 0.228 e. The van der Waals surface area contributed by atoms with Gasteiger partial charge in [-0.3, -0.25) is 4.79 Å². The second kappa shape index (κ2) is 7.74. The Morgan fingerprint density at radius 2 is 2.20 bits per heavy atom. The number of carbonyl (C=O) groups is 1. The zero-order chi connectivity index (χ0) is 14.4. The first-order valence-corrected chi connectivity index (χ1v) is 8.56. The van der Waals surface area contributed by atoms with Crippen LogP contribution in [0.2, 0.25) is 0 Å². The number of hydrogen-bond acceptors (Lipinski definition) is 4. The summed E-state index contributed by atoms with van der Waals surface area (Å²) in [5.74, 6) is 0.242. The van der Waals surface area contributed by atoms with Gasteiger partial charge in [0.25, 0.3) is 0 Å². The smallest absolute Gasteiger partial charge is 0.228 e. The van der Waals surface area contributed by atoms with Crippen molar-refractivity contribution in [3.63, 3.8) is 0 Å². The summed E-state index contributed by atoms with van der Waals surface area (Å²) in [5, 5.41) is 6.52. The maximum atomic E-state index is 12.6. The molecule has 1 saturated heterocycles. The average molecular weight is 295 g/mol. The molecule has 1 aromatic heterocycles. The molecule has 0 aromatic carbocycles. The summed E-state index contributed by atoms with van der Waals surface area (Å²) in [6.45, 7) is 7.15. The fraction of sp³-hybridized carbons (Fsp3) is 0.733. The van der Waals surface area contributed by atoms with Gasteiger partial charge in [0, 0.05) is 18.0 Å². The van der Waals surface area contributed by atoms with E-state index >= 15 is 0 Å². The monoisotopic (exact) mass is 295 g/mol. The number of amides is 1. The molecule has 4 nitrogen and oxygen atoms in total. The summed E-state index contributed by atoms with van der Waals surface area (Å²) in [7, 11) is 0. The van der Waals surface area contributed by atoms with Crippen molar-refractivity contribution in [1.82, 2.24) is 15.2 Å². The summed E-state index contributed by atoms with van der Waals surface area (Å²) in [4.78, 5) is 19.2. The predicted molar refractivity (Wildman–Crippen MR) is 83.1 cm³/mol. The first kappa shape index (κ1) is 15.4. The number of hydrogen-bond donors (Lipinski definition) is 1. The molecule has 1 aromatic rings. The second-order valence-corrected chi connectivity index (χ2v) is 6.27. The number of thiazole rings is 1. The molecule has 0 bridgehead atoms. The molecule has 0 atom stereocenters. The molecular weight excluding hydrogens is 270 g/mol. The van der Waals surface area contributed by atoms with Crippen LogP contribution in [0, 0.1) is 0 Å². The Hall–Kier alpha value is -0.940. The highest BCUT2D eigenvalue weighted by Gasteiger charge is 2.25. The van der Waals surface area contributed by atoms with Gasteiger partial charge in [0.1, 0.15) is 0 Å². The van der Waals surface area contributed by atoms with Crippen molar-refractivity contribution >= 4 is 17.2 Å². The molecule has 1 N–H and O–H groups in total. The molecule has 1 aliphatic rings. The van der Waals surface area contributed by atoms with Gasteiger partial charge >= 0.3 is 0 Å². The molecular formula is C15H25N3OS. The van der Waals surface area contributed by atoms with Gasteiger partial charge in [-0.15, -0.1) is 11.3 Å². The Morgan fingerprint density at radius 1 is 1.45 bits per heavy atom. The van der Waals surface area contributed by atoms with Gasteiger partial charge in [-0.25, -0.2) is 4.98 Å². The quantitative estimate of drug-likeness (QED) is 0.875. The van der Waals surface area contributed by atoms with Crippen LogP contribution in [0.15, 0.2) is 5.38 Å². The molecule has 112 valence electrons. The Balaban J connectivity index is 1.98. The van der Waals surface area contributed by atoms with Crippen molar-refractivity contribution in [1.29, 1.82) is 0 Å². The molecule has 0 unspecified atom stereocenters. The molecule has 2 rings (SSSR count). The highest BCUT2D eigenvalue weighted by molar-refractivity contribution is 7.09. The molecule has 1 amide bonds.